The number of hydrogen-bond donors (Lipinski definition) is 1. The van der Waals surface area contributed by atoms with Crippen LogP contribution in [0.2, 0.25) is 0 Å². The molecule has 2 aliphatic rings. The van der Waals surface area contributed by atoms with E-state index < -0.39 is 0 Å². The fourth-order valence-electron chi connectivity index (χ4n) is 3.91. The zero-order valence-electron chi connectivity index (χ0n) is 16.1. The highest BCUT2D eigenvalue weighted by molar-refractivity contribution is 5.99. The van der Waals surface area contributed by atoms with Gasteiger partial charge in [-0.15, -0.1) is 0 Å². The van der Waals surface area contributed by atoms with Crippen molar-refractivity contribution in [1.82, 2.24) is 4.90 Å². The van der Waals surface area contributed by atoms with Gasteiger partial charge in [0.25, 0.3) is 0 Å². The van der Waals surface area contributed by atoms with Crippen molar-refractivity contribution in [1.29, 1.82) is 0 Å². The number of nitrogens with zero attached hydrogens (tertiary/aromatic N) is 2. The fraction of sp³-hybridized carbons (Fsp3) is 0.857. The Morgan fingerprint density at radius 1 is 0.760 bits per heavy atom. The van der Waals surface area contributed by atoms with E-state index in [2.05, 4.69) is 16.1 Å². The van der Waals surface area contributed by atoms with Crippen LogP contribution in [0.5, 0.6) is 0 Å². The lowest BCUT2D eigenvalue weighted by Crippen LogP contribution is -2.38. The first-order chi connectivity index (χ1) is 12.4. The van der Waals surface area contributed by atoms with Gasteiger partial charge in [-0.05, 0) is 25.7 Å². The van der Waals surface area contributed by atoms with Gasteiger partial charge in [0, 0.05) is 13.1 Å². The van der Waals surface area contributed by atoms with Crippen molar-refractivity contribution in [2.75, 3.05) is 26.3 Å². The van der Waals surface area contributed by atoms with Crippen LogP contribution in [0.4, 0.5) is 0 Å². The van der Waals surface area contributed by atoms with Crippen molar-refractivity contribution < 1.29 is 9.94 Å². The Kier molecular flexibility index (Phi) is 10.7. The van der Waals surface area contributed by atoms with E-state index >= 15 is 0 Å². The van der Waals surface area contributed by atoms with Gasteiger partial charge in [0.1, 0.15) is 5.71 Å². The molecule has 0 bridgehead atoms. The number of oxime groups is 1. The van der Waals surface area contributed by atoms with Crippen LogP contribution >= 0.6 is 0 Å². The Bertz CT molecular complexity index is 401. The quantitative estimate of drug-likeness (QED) is 0.501. The molecule has 0 atom stereocenters. The lowest BCUT2D eigenvalue weighted by molar-refractivity contribution is 0.0560. The molecule has 1 heterocycles. The van der Waals surface area contributed by atoms with E-state index in [1.807, 2.05) is 0 Å². The van der Waals surface area contributed by atoms with Gasteiger partial charge in [0.2, 0.25) is 0 Å². The summed E-state index contributed by atoms with van der Waals surface area (Å²) >= 11 is 0. The molecule has 1 N–H and O–H groups in total. The molecule has 0 radical (unpaired) electrons. The van der Waals surface area contributed by atoms with E-state index in [4.69, 9.17) is 4.74 Å². The van der Waals surface area contributed by atoms with Gasteiger partial charge < -0.3 is 14.8 Å². The van der Waals surface area contributed by atoms with Crippen molar-refractivity contribution in [2.45, 2.75) is 89.9 Å². The second-order valence-corrected chi connectivity index (χ2v) is 7.52. The third kappa shape index (κ3) is 8.26. The minimum Gasteiger partial charge on any atom is -0.411 e. The molecule has 1 saturated heterocycles. The maximum Gasteiger partial charge on any atom is 0.102 e. The molecule has 0 spiro atoms. The Labute approximate surface area is 154 Å². The number of allylic oxidation sites excluding steroid dienone is 2. The smallest absolute Gasteiger partial charge is 0.102 e. The predicted octanol–water partition coefficient (Wildman–Crippen LogP) is 5.51. The molecule has 4 heteroatoms. The second-order valence-electron chi connectivity index (χ2n) is 7.52. The van der Waals surface area contributed by atoms with Crippen molar-refractivity contribution in [3.63, 3.8) is 0 Å². The summed E-state index contributed by atoms with van der Waals surface area (Å²) in [5, 5.41) is 13.3. The van der Waals surface area contributed by atoms with E-state index in [9.17, 15) is 5.21 Å². The summed E-state index contributed by atoms with van der Waals surface area (Å²) in [4.78, 5) is 2.35. The molecule has 0 unspecified atom stereocenters. The van der Waals surface area contributed by atoms with Crippen LogP contribution in [0.15, 0.2) is 16.9 Å². The molecule has 25 heavy (non-hydrogen) atoms. The molecule has 0 amide bonds. The van der Waals surface area contributed by atoms with Crippen LogP contribution in [0.1, 0.15) is 89.9 Å². The van der Waals surface area contributed by atoms with Crippen LogP contribution in [-0.4, -0.2) is 42.1 Å². The SMILES string of the molecule is ON=C1CCCCCCCCCCCCCC/C=C\1N1CCOCC1. The molecule has 0 aromatic rings. The summed E-state index contributed by atoms with van der Waals surface area (Å²) in [7, 11) is 0. The van der Waals surface area contributed by atoms with Gasteiger partial charge >= 0.3 is 0 Å². The maximum atomic E-state index is 9.61. The highest BCUT2D eigenvalue weighted by Crippen LogP contribution is 2.19. The number of morpholine rings is 1. The molecule has 0 aromatic carbocycles. The summed E-state index contributed by atoms with van der Waals surface area (Å²) < 4.78 is 5.49. The monoisotopic (exact) mass is 350 g/mol. The summed E-state index contributed by atoms with van der Waals surface area (Å²) in [6.45, 7) is 3.36. The first-order valence-corrected chi connectivity index (χ1v) is 10.7. The third-order valence-electron chi connectivity index (χ3n) is 5.47. The molecule has 1 aliphatic carbocycles. The molecule has 144 valence electrons. The summed E-state index contributed by atoms with van der Waals surface area (Å²) in [5.74, 6) is 0. The average Bonchev–Trinajstić information content (AvgIpc) is 2.66. The first kappa shape index (κ1) is 20.3. The molecule has 2 rings (SSSR count). The lowest BCUT2D eigenvalue weighted by atomic mass is 10.0. The van der Waals surface area contributed by atoms with Crippen LogP contribution < -0.4 is 0 Å². The zero-order valence-corrected chi connectivity index (χ0v) is 16.1. The van der Waals surface area contributed by atoms with Crippen LogP contribution in [-0.2, 0) is 4.74 Å². The molecule has 1 aliphatic heterocycles. The number of rotatable bonds is 1. The first-order valence-electron chi connectivity index (χ1n) is 10.7. The summed E-state index contributed by atoms with van der Waals surface area (Å²) in [6, 6.07) is 0. The summed E-state index contributed by atoms with van der Waals surface area (Å²) in [6.07, 6.45) is 20.3. The van der Waals surface area contributed by atoms with Crippen molar-refractivity contribution in [2.24, 2.45) is 5.16 Å². The van der Waals surface area contributed by atoms with Crippen molar-refractivity contribution in [3.05, 3.63) is 11.8 Å². The Hall–Kier alpha value is -1.03. The van der Waals surface area contributed by atoms with Gasteiger partial charge in [-0.3, -0.25) is 0 Å². The van der Waals surface area contributed by atoms with Crippen molar-refractivity contribution in [3.8, 4) is 0 Å². The van der Waals surface area contributed by atoms with Gasteiger partial charge in [-0.25, -0.2) is 0 Å². The molecule has 4 nitrogen and oxygen atoms in total. The number of hydrogen-bond acceptors (Lipinski definition) is 4. The topological polar surface area (TPSA) is 45.1 Å². The minimum absolute atomic E-state index is 0.774. The Balaban J connectivity index is 1.95. The number of ether oxygens (including phenoxy) is 1. The Morgan fingerprint density at radius 3 is 1.84 bits per heavy atom. The van der Waals surface area contributed by atoms with Crippen LogP contribution in [0.25, 0.3) is 0 Å². The van der Waals surface area contributed by atoms with Gasteiger partial charge in [0.05, 0.1) is 18.9 Å². The van der Waals surface area contributed by atoms with Gasteiger partial charge in [-0.1, -0.05) is 75.4 Å². The fourth-order valence-corrected chi connectivity index (χ4v) is 3.91. The van der Waals surface area contributed by atoms with E-state index in [-0.39, 0.29) is 0 Å². The van der Waals surface area contributed by atoms with Crippen LogP contribution in [0, 0.1) is 0 Å². The van der Waals surface area contributed by atoms with E-state index in [0.29, 0.717) is 0 Å². The highest BCUT2D eigenvalue weighted by Gasteiger charge is 2.18. The van der Waals surface area contributed by atoms with Crippen molar-refractivity contribution >= 4 is 5.71 Å². The van der Waals surface area contributed by atoms with E-state index in [1.54, 1.807) is 0 Å². The average molecular weight is 351 g/mol. The molecule has 0 saturated carbocycles. The molecule has 1 fully saturated rings. The second kappa shape index (κ2) is 13.2. The minimum atomic E-state index is 0.774. The molecular weight excluding hydrogens is 312 g/mol. The summed E-state index contributed by atoms with van der Waals surface area (Å²) in [5.41, 5.74) is 2.04. The maximum absolute atomic E-state index is 9.61. The highest BCUT2D eigenvalue weighted by atomic mass is 16.5. The molecular formula is C21H38N2O2. The standard InChI is InChI=1S/C21H38N2O2/c24-22-20-14-12-10-8-6-4-2-1-3-5-7-9-11-13-15-21(20)23-16-18-25-19-17-23/h15,24H,1-14,16-19H2/b21-15+,22-20?. The van der Waals surface area contributed by atoms with E-state index in [1.165, 1.54) is 70.6 Å². The largest absolute Gasteiger partial charge is 0.411 e. The Morgan fingerprint density at radius 2 is 1.28 bits per heavy atom. The van der Waals surface area contributed by atoms with Gasteiger partial charge in [-0.2, -0.15) is 0 Å². The lowest BCUT2D eigenvalue weighted by Gasteiger charge is -2.31. The van der Waals surface area contributed by atoms with Gasteiger partial charge in [0.15, 0.2) is 0 Å². The zero-order chi connectivity index (χ0) is 17.6. The normalized spacial score (nSPS) is 27.4. The molecule has 0 aromatic heterocycles. The van der Waals surface area contributed by atoms with Crippen LogP contribution in [0.3, 0.4) is 0 Å². The predicted molar refractivity (Wildman–Crippen MR) is 104 cm³/mol. The third-order valence-corrected chi connectivity index (χ3v) is 5.47. The van der Waals surface area contributed by atoms with E-state index in [0.717, 1.165) is 57.0 Å².